The molecule has 0 N–H and O–H groups in total. The van der Waals surface area contributed by atoms with Crippen LogP contribution in [0.5, 0.6) is 0 Å². The molecule has 0 saturated carbocycles. The number of hydrogen-bond donors (Lipinski definition) is 0. The molecule has 10 nitrogen and oxygen atoms in total. The van der Waals surface area contributed by atoms with Gasteiger partial charge in [0.05, 0.1) is 15.9 Å². The van der Waals surface area contributed by atoms with Crippen LogP contribution < -0.4 is 0 Å². The van der Waals surface area contributed by atoms with E-state index < -0.39 is 14.9 Å². The Bertz CT molecular complexity index is 1290. The quantitative estimate of drug-likeness (QED) is 0.394. The molecule has 1 unspecified atom stereocenters. The van der Waals surface area contributed by atoms with E-state index in [1.54, 1.807) is 19.1 Å². The topological polar surface area (TPSA) is 123 Å². The number of nitro groups is 1. The molecule has 1 atom stereocenters. The average Bonchev–Trinajstić information content (AvgIpc) is 3.31. The minimum atomic E-state index is -3.86. The van der Waals surface area contributed by atoms with Crippen LogP contribution in [-0.2, 0) is 10.0 Å². The maximum Gasteiger partial charge on any atom is 0.270 e. The Labute approximate surface area is 189 Å². The summed E-state index contributed by atoms with van der Waals surface area (Å²) in [7, 11) is -3.86. The molecule has 0 spiro atoms. The number of halogens is 1. The van der Waals surface area contributed by atoms with Crippen molar-refractivity contribution in [3.8, 4) is 11.4 Å². The predicted molar refractivity (Wildman–Crippen MR) is 116 cm³/mol. The number of benzene rings is 2. The van der Waals surface area contributed by atoms with Crippen LogP contribution in [0.15, 0.2) is 51.9 Å². The lowest BCUT2D eigenvalue weighted by Crippen LogP contribution is -2.49. The fourth-order valence-electron chi connectivity index (χ4n) is 3.65. The van der Waals surface area contributed by atoms with E-state index in [0.29, 0.717) is 30.1 Å². The van der Waals surface area contributed by atoms with E-state index in [4.69, 9.17) is 4.52 Å². The SMILES string of the molecule is Cc1ccc(-c2noc(C(C)N3CCN(S(=O)(=O)c4cccc([N+](=O)[O-])c4)CC3)n2)cc1F. The van der Waals surface area contributed by atoms with Gasteiger partial charge in [0.2, 0.25) is 21.7 Å². The van der Waals surface area contributed by atoms with Gasteiger partial charge in [-0.3, -0.25) is 15.0 Å². The summed E-state index contributed by atoms with van der Waals surface area (Å²) in [6.45, 7) is 4.77. The molecule has 174 valence electrons. The highest BCUT2D eigenvalue weighted by molar-refractivity contribution is 7.89. The van der Waals surface area contributed by atoms with Crippen molar-refractivity contribution in [2.75, 3.05) is 26.2 Å². The predicted octanol–water partition coefficient (Wildman–Crippen LogP) is 3.16. The molecule has 3 aromatic rings. The molecule has 2 heterocycles. The number of aryl methyl sites for hydroxylation is 1. The van der Waals surface area contributed by atoms with Gasteiger partial charge in [0.15, 0.2) is 0 Å². The summed E-state index contributed by atoms with van der Waals surface area (Å²) in [4.78, 5) is 16.6. The summed E-state index contributed by atoms with van der Waals surface area (Å²) in [5.41, 5.74) is 0.755. The highest BCUT2D eigenvalue weighted by atomic mass is 32.2. The van der Waals surface area contributed by atoms with E-state index in [2.05, 4.69) is 10.1 Å². The second-order valence-electron chi connectivity index (χ2n) is 7.79. The number of piperazine rings is 1. The third-order valence-corrected chi connectivity index (χ3v) is 7.61. The molecule has 2 aromatic carbocycles. The van der Waals surface area contributed by atoms with Crippen LogP contribution in [0, 0.1) is 22.9 Å². The van der Waals surface area contributed by atoms with Gasteiger partial charge in [-0.1, -0.05) is 23.4 Å². The van der Waals surface area contributed by atoms with Gasteiger partial charge in [0.25, 0.3) is 5.69 Å². The lowest BCUT2D eigenvalue weighted by Gasteiger charge is -2.36. The van der Waals surface area contributed by atoms with Crippen LogP contribution in [-0.4, -0.2) is 58.9 Å². The normalized spacial score (nSPS) is 16.6. The van der Waals surface area contributed by atoms with Crippen LogP contribution in [0.1, 0.15) is 24.4 Å². The Kier molecular flexibility index (Phi) is 6.23. The van der Waals surface area contributed by atoms with Gasteiger partial charge in [0.1, 0.15) is 5.82 Å². The molecule has 33 heavy (non-hydrogen) atoms. The summed E-state index contributed by atoms with van der Waals surface area (Å²) < 4.78 is 46.4. The Morgan fingerprint density at radius 3 is 2.55 bits per heavy atom. The Balaban J connectivity index is 1.43. The van der Waals surface area contributed by atoms with Gasteiger partial charge in [-0.2, -0.15) is 9.29 Å². The third-order valence-electron chi connectivity index (χ3n) is 5.72. The standard InChI is InChI=1S/C21H22FN5O5S/c1-14-6-7-16(12-19(14)22)20-23-21(32-24-20)15(2)25-8-10-26(11-9-25)33(30,31)18-5-3-4-17(13-18)27(28)29/h3-7,12-13,15H,8-11H2,1-2H3. The average molecular weight is 476 g/mol. The molecule has 0 aliphatic carbocycles. The van der Waals surface area contributed by atoms with Crippen molar-refractivity contribution in [3.05, 3.63) is 69.9 Å². The summed E-state index contributed by atoms with van der Waals surface area (Å²) in [6, 6.07) is 9.47. The lowest BCUT2D eigenvalue weighted by atomic mass is 10.1. The van der Waals surface area contributed by atoms with Gasteiger partial charge < -0.3 is 4.52 Å². The van der Waals surface area contributed by atoms with E-state index in [9.17, 15) is 22.9 Å². The second kappa shape index (κ2) is 8.96. The number of rotatable bonds is 6. The molecule has 4 rings (SSSR count). The molecule has 0 bridgehead atoms. The van der Waals surface area contributed by atoms with Crippen LogP contribution in [0.2, 0.25) is 0 Å². The zero-order chi connectivity index (χ0) is 23.8. The van der Waals surface area contributed by atoms with Crippen LogP contribution in [0.3, 0.4) is 0 Å². The fourth-order valence-corrected chi connectivity index (χ4v) is 5.11. The highest BCUT2D eigenvalue weighted by Crippen LogP contribution is 2.27. The first-order chi connectivity index (χ1) is 15.7. The smallest absolute Gasteiger partial charge is 0.270 e. The molecule has 1 aliphatic heterocycles. The number of non-ortho nitro benzene ring substituents is 1. The van der Waals surface area contributed by atoms with E-state index in [-0.39, 0.29) is 41.4 Å². The van der Waals surface area contributed by atoms with Crippen molar-refractivity contribution >= 4 is 15.7 Å². The van der Waals surface area contributed by atoms with Crippen LogP contribution in [0.25, 0.3) is 11.4 Å². The molecule has 1 fully saturated rings. The lowest BCUT2D eigenvalue weighted by molar-refractivity contribution is -0.385. The Hall–Kier alpha value is -3.22. The molecule has 0 radical (unpaired) electrons. The molecular formula is C21H22FN5O5S. The summed E-state index contributed by atoms with van der Waals surface area (Å²) in [5.74, 6) is 0.275. The van der Waals surface area contributed by atoms with E-state index >= 15 is 0 Å². The minimum absolute atomic E-state index is 0.106. The van der Waals surface area contributed by atoms with Gasteiger partial charge in [-0.05, 0) is 31.5 Å². The Morgan fingerprint density at radius 2 is 1.88 bits per heavy atom. The van der Waals surface area contributed by atoms with E-state index in [1.165, 1.54) is 28.6 Å². The molecule has 1 aliphatic rings. The Morgan fingerprint density at radius 1 is 1.15 bits per heavy atom. The van der Waals surface area contributed by atoms with E-state index in [0.717, 1.165) is 6.07 Å². The van der Waals surface area contributed by atoms with Crippen molar-refractivity contribution < 1.29 is 22.3 Å². The molecule has 1 aromatic heterocycles. The zero-order valence-corrected chi connectivity index (χ0v) is 18.8. The monoisotopic (exact) mass is 475 g/mol. The van der Waals surface area contributed by atoms with Gasteiger partial charge >= 0.3 is 0 Å². The van der Waals surface area contributed by atoms with Crippen LogP contribution in [0.4, 0.5) is 10.1 Å². The van der Waals surface area contributed by atoms with Crippen molar-refractivity contribution in [1.82, 2.24) is 19.3 Å². The van der Waals surface area contributed by atoms with Crippen LogP contribution >= 0.6 is 0 Å². The second-order valence-corrected chi connectivity index (χ2v) is 9.73. The number of nitro benzene ring substituents is 1. The van der Waals surface area contributed by atoms with Crippen molar-refractivity contribution in [2.24, 2.45) is 0 Å². The first kappa shape index (κ1) is 23.0. The first-order valence-electron chi connectivity index (χ1n) is 10.3. The summed E-state index contributed by atoms with van der Waals surface area (Å²) >= 11 is 0. The largest absolute Gasteiger partial charge is 0.337 e. The molecular weight excluding hydrogens is 453 g/mol. The van der Waals surface area contributed by atoms with E-state index in [1.807, 2.05) is 11.8 Å². The minimum Gasteiger partial charge on any atom is -0.337 e. The number of sulfonamides is 1. The van der Waals surface area contributed by atoms with Crippen molar-refractivity contribution in [3.63, 3.8) is 0 Å². The van der Waals surface area contributed by atoms with Crippen molar-refractivity contribution in [1.29, 1.82) is 0 Å². The molecule has 0 amide bonds. The third kappa shape index (κ3) is 4.63. The highest BCUT2D eigenvalue weighted by Gasteiger charge is 2.32. The summed E-state index contributed by atoms with van der Waals surface area (Å²) in [5, 5.41) is 14.9. The number of aromatic nitrogens is 2. The number of nitrogens with zero attached hydrogens (tertiary/aromatic N) is 5. The molecule has 12 heteroatoms. The zero-order valence-electron chi connectivity index (χ0n) is 18.0. The first-order valence-corrected chi connectivity index (χ1v) is 11.7. The van der Waals surface area contributed by atoms with Crippen molar-refractivity contribution in [2.45, 2.75) is 24.8 Å². The maximum absolute atomic E-state index is 13.9. The van der Waals surface area contributed by atoms with Gasteiger partial charge in [-0.25, -0.2) is 12.8 Å². The van der Waals surface area contributed by atoms with Gasteiger partial charge in [-0.15, -0.1) is 0 Å². The maximum atomic E-state index is 13.9. The van der Waals surface area contributed by atoms with Gasteiger partial charge in [0, 0.05) is 43.9 Å². The number of hydrogen-bond acceptors (Lipinski definition) is 8. The fraction of sp³-hybridized carbons (Fsp3) is 0.333. The molecule has 1 saturated heterocycles. The summed E-state index contributed by atoms with van der Waals surface area (Å²) in [6.07, 6.45) is 0.